The normalized spacial score (nSPS) is 11.7. The van der Waals surface area contributed by atoms with E-state index in [0.29, 0.717) is 13.2 Å². The molecule has 3 nitrogen and oxygen atoms in total. The topological polar surface area (TPSA) is 25.4 Å². The Hall–Kier alpha value is -2.08. The number of nitrogens with zero attached hydrogens (tertiary/aromatic N) is 2. The quantitative estimate of drug-likeness (QED) is 0.726. The third kappa shape index (κ3) is 6.20. The molecule has 1 aromatic heterocycles. The summed E-state index contributed by atoms with van der Waals surface area (Å²) < 4.78 is 43.0. The number of hydrogen-bond donors (Lipinski definition) is 0. The molecule has 0 N–H and O–H groups in total. The van der Waals surface area contributed by atoms with Gasteiger partial charge in [0.05, 0.1) is 0 Å². The number of alkyl halides is 3. The molecule has 130 valence electrons. The van der Waals surface area contributed by atoms with Crippen LogP contribution in [0, 0.1) is 0 Å². The van der Waals surface area contributed by atoms with Crippen LogP contribution >= 0.6 is 0 Å². The molecule has 2 rings (SSSR count). The highest BCUT2D eigenvalue weighted by molar-refractivity contribution is 5.17. The molecule has 0 aliphatic heterocycles. The number of ether oxygens (including phenoxy) is 1. The zero-order valence-corrected chi connectivity index (χ0v) is 13.6. The van der Waals surface area contributed by atoms with Crippen LogP contribution in [0.25, 0.3) is 0 Å². The van der Waals surface area contributed by atoms with Gasteiger partial charge < -0.3 is 9.64 Å². The number of pyridine rings is 1. The zero-order valence-electron chi connectivity index (χ0n) is 13.6. The van der Waals surface area contributed by atoms with Crippen molar-refractivity contribution in [3.63, 3.8) is 0 Å². The molecule has 0 atom stereocenters. The van der Waals surface area contributed by atoms with Crippen LogP contribution in [-0.2, 0) is 12.6 Å². The number of benzene rings is 1. The molecule has 0 bridgehead atoms. The fourth-order valence-electron chi connectivity index (χ4n) is 2.27. The third-order valence-corrected chi connectivity index (χ3v) is 3.59. The van der Waals surface area contributed by atoms with Gasteiger partial charge in [0.2, 0.25) is 5.88 Å². The Morgan fingerprint density at radius 2 is 1.75 bits per heavy atom. The second-order valence-electron chi connectivity index (χ2n) is 5.60. The van der Waals surface area contributed by atoms with Crippen LogP contribution in [0.4, 0.5) is 13.2 Å². The molecular formula is C18H21F3N2O. The summed E-state index contributed by atoms with van der Waals surface area (Å²) in [7, 11) is 1.97. The van der Waals surface area contributed by atoms with Gasteiger partial charge in [0.1, 0.15) is 12.3 Å². The van der Waals surface area contributed by atoms with Crippen molar-refractivity contribution >= 4 is 0 Å². The van der Waals surface area contributed by atoms with Crippen LogP contribution in [0.1, 0.15) is 17.7 Å². The Morgan fingerprint density at radius 3 is 2.46 bits per heavy atom. The van der Waals surface area contributed by atoms with Crippen molar-refractivity contribution in [1.82, 2.24) is 9.88 Å². The summed E-state index contributed by atoms with van der Waals surface area (Å²) in [5.74, 6) is 0.00232. The minimum absolute atomic E-state index is 0.00232. The van der Waals surface area contributed by atoms with Crippen LogP contribution in [0.5, 0.6) is 5.88 Å². The SMILES string of the molecule is CN(CCCc1ccccc1)CCOc1cccc(C(F)(F)F)n1. The van der Waals surface area contributed by atoms with Crippen molar-refractivity contribution in [3.05, 3.63) is 59.8 Å². The van der Waals surface area contributed by atoms with Crippen molar-refractivity contribution in [3.8, 4) is 5.88 Å². The summed E-state index contributed by atoms with van der Waals surface area (Å²) in [4.78, 5) is 5.57. The van der Waals surface area contributed by atoms with Gasteiger partial charge in [0.15, 0.2) is 0 Å². The summed E-state index contributed by atoms with van der Waals surface area (Å²) in [6, 6.07) is 13.9. The van der Waals surface area contributed by atoms with E-state index in [-0.39, 0.29) is 5.88 Å². The van der Waals surface area contributed by atoms with Crippen LogP contribution in [0.2, 0.25) is 0 Å². The predicted octanol–water partition coefficient (Wildman–Crippen LogP) is 4.04. The van der Waals surface area contributed by atoms with E-state index in [0.717, 1.165) is 25.5 Å². The van der Waals surface area contributed by atoms with Gasteiger partial charge in [-0.05, 0) is 38.1 Å². The summed E-state index contributed by atoms with van der Waals surface area (Å²) in [5.41, 5.74) is 0.367. The minimum atomic E-state index is -4.45. The van der Waals surface area contributed by atoms with Crippen LogP contribution in [-0.4, -0.2) is 36.6 Å². The fraction of sp³-hybridized carbons (Fsp3) is 0.389. The number of likely N-dealkylation sites (N-methyl/N-ethyl adjacent to an activating group) is 1. The first-order chi connectivity index (χ1) is 11.4. The maximum atomic E-state index is 12.6. The lowest BCUT2D eigenvalue weighted by molar-refractivity contribution is -0.141. The average Bonchev–Trinajstić information content (AvgIpc) is 2.55. The molecule has 0 radical (unpaired) electrons. The summed E-state index contributed by atoms with van der Waals surface area (Å²) >= 11 is 0. The van der Waals surface area contributed by atoms with Crippen molar-refractivity contribution in [2.75, 3.05) is 26.7 Å². The minimum Gasteiger partial charge on any atom is -0.476 e. The summed E-state index contributed by atoms with van der Waals surface area (Å²) in [5, 5.41) is 0. The maximum Gasteiger partial charge on any atom is 0.433 e. The van der Waals surface area contributed by atoms with Gasteiger partial charge in [0.25, 0.3) is 0 Å². The van der Waals surface area contributed by atoms with Crippen molar-refractivity contribution in [1.29, 1.82) is 0 Å². The van der Waals surface area contributed by atoms with E-state index in [9.17, 15) is 13.2 Å². The number of aromatic nitrogens is 1. The van der Waals surface area contributed by atoms with Gasteiger partial charge in [0, 0.05) is 12.6 Å². The lowest BCUT2D eigenvalue weighted by atomic mass is 10.1. The maximum absolute atomic E-state index is 12.6. The third-order valence-electron chi connectivity index (χ3n) is 3.59. The number of rotatable bonds is 8. The van der Waals surface area contributed by atoms with E-state index in [1.54, 1.807) is 0 Å². The van der Waals surface area contributed by atoms with Crippen molar-refractivity contribution < 1.29 is 17.9 Å². The Balaban J connectivity index is 1.68. The molecule has 0 saturated heterocycles. The Bertz CT molecular complexity index is 617. The number of aryl methyl sites for hydroxylation is 1. The van der Waals surface area contributed by atoms with Gasteiger partial charge in [-0.25, -0.2) is 4.98 Å². The van der Waals surface area contributed by atoms with E-state index in [1.807, 2.05) is 25.2 Å². The largest absolute Gasteiger partial charge is 0.476 e. The Morgan fingerprint density at radius 1 is 1.00 bits per heavy atom. The van der Waals surface area contributed by atoms with Gasteiger partial charge >= 0.3 is 6.18 Å². The van der Waals surface area contributed by atoms with Gasteiger partial charge in [-0.1, -0.05) is 36.4 Å². The highest BCUT2D eigenvalue weighted by Gasteiger charge is 2.32. The molecule has 0 amide bonds. The van der Waals surface area contributed by atoms with Crippen LogP contribution in [0.3, 0.4) is 0 Å². The van der Waals surface area contributed by atoms with Gasteiger partial charge in [-0.2, -0.15) is 13.2 Å². The van der Waals surface area contributed by atoms with E-state index < -0.39 is 11.9 Å². The zero-order chi connectivity index (χ0) is 17.4. The van der Waals surface area contributed by atoms with Crippen molar-refractivity contribution in [2.24, 2.45) is 0 Å². The van der Waals surface area contributed by atoms with Crippen LogP contribution < -0.4 is 4.74 Å². The lowest BCUT2D eigenvalue weighted by Gasteiger charge is -2.17. The summed E-state index contributed by atoms with van der Waals surface area (Å²) in [6.07, 6.45) is -2.43. The van der Waals surface area contributed by atoms with Crippen LogP contribution in [0.15, 0.2) is 48.5 Å². The molecule has 6 heteroatoms. The molecule has 1 aromatic carbocycles. The molecule has 0 saturated carbocycles. The molecule has 0 spiro atoms. The molecule has 0 aliphatic rings. The Kier molecular flexibility index (Phi) is 6.61. The highest BCUT2D eigenvalue weighted by Crippen LogP contribution is 2.28. The van der Waals surface area contributed by atoms with E-state index in [4.69, 9.17) is 4.74 Å². The second-order valence-corrected chi connectivity index (χ2v) is 5.60. The van der Waals surface area contributed by atoms with E-state index >= 15 is 0 Å². The first kappa shape index (κ1) is 18.3. The number of hydrogen-bond acceptors (Lipinski definition) is 3. The van der Waals surface area contributed by atoms with E-state index in [1.165, 1.54) is 17.7 Å². The average molecular weight is 338 g/mol. The monoisotopic (exact) mass is 338 g/mol. The molecule has 24 heavy (non-hydrogen) atoms. The first-order valence-electron chi connectivity index (χ1n) is 7.84. The Labute approximate surface area is 140 Å². The fourth-order valence-corrected chi connectivity index (χ4v) is 2.27. The van der Waals surface area contributed by atoms with E-state index in [2.05, 4.69) is 22.0 Å². The molecule has 0 unspecified atom stereocenters. The van der Waals surface area contributed by atoms with Gasteiger partial charge in [-0.3, -0.25) is 0 Å². The van der Waals surface area contributed by atoms with Crippen molar-refractivity contribution in [2.45, 2.75) is 19.0 Å². The molecule has 2 aromatic rings. The summed E-state index contributed by atoms with van der Waals surface area (Å²) in [6.45, 7) is 1.83. The lowest BCUT2D eigenvalue weighted by Crippen LogP contribution is -2.26. The van der Waals surface area contributed by atoms with Gasteiger partial charge in [-0.15, -0.1) is 0 Å². The standard InChI is InChI=1S/C18H21F3N2O/c1-23(12-6-9-15-7-3-2-4-8-15)13-14-24-17-11-5-10-16(22-17)18(19,20)21/h2-5,7-8,10-11H,6,9,12-14H2,1H3. The molecule has 0 fully saturated rings. The smallest absolute Gasteiger partial charge is 0.433 e. The molecular weight excluding hydrogens is 317 g/mol. The molecule has 1 heterocycles. The highest BCUT2D eigenvalue weighted by atomic mass is 19.4. The first-order valence-corrected chi connectivity index (χ1v) is 7.84. The molecule has 0 aliphatic carbocycles. The number of halogens is 3. The predicted molar refractivity (Wildman–Crippen MR) is 87.0 cm³/mol. The second kappa shape index (κ2) is 8.68.